The molecular weight excluding hydrogens is 270 g/mol. The number of rotatable bonds is 4. The summed E-state index contributed by atoms with van der Waals surface area (Å²) in [4.78, 5) is 22.9. The monoisotopic (exact) mass is 287 g/mol. The summed E-state index contributed by atoms with van der Waals surface area (Å²) in [5, 5.41) is 9.38. The Balaban J connectivity index is 1.97. The lowest BCUT2D eigenvalue weighted by Gasteiger charge is -2.07. The number of hydrogen-bond acceptors (Lipinski definition) is 4. The Labute approximate surface area is 122 Å². The van der Waals surface area contributed by atoms with Gasteiger partial charge in [0, 0.05) is 26.2 Å². The number of carbonyl (C=O) groups excluding carboxylic acids is 2. The number of aryl methyl sites for hydroxylation is 1. The molecule has 1 aromatic heterocycles. The van der Waals surface area contributed by atoms with Crippen molar-refractivity contribution < 1.29 is 9.59 Å². The highest BCUT2D eigenvalue weighted by Gasteiger charge is 2.14. The molecule has 7 nitrogen and oxygen atoms in total. The quantitative estimate of drug-likeness (QED) is 0.777. The van der Waals surface area contributed by atoms with E-state index in [0.717, 1.165) is 5.56 Å². The van der Waals surface area contributed by atoms with E-state index in [9.17, 15) is 9.59 Å². The molecule has 110 valence electrons. The average Bonchev–Trinajstić information content (AvgIpc) is 2.76. The summed E-state index contributed by atoms with van der Waals surface area (Å²) in [6.07, 6.45) is 1.44. The van der Waals surface area contributed by atoms with Gasteiger partial charge in [0.15, 0.2) is 0 Å². The lowest BCUT2D eigenvalue weighted by molar-refractivity contribution is -0.114. The number of benzene rings is 1. The van der Waals surface area contributed by atoms with Crippen LogP contribution >= 0.6 is 0 Å². The van der Waals surface area contributed by atoms with Crippen molar-refractivity contribution in [3.8, 4) is 0 Å². The molecule has 0 aliphatic heterocycles. The Bertz CT molecular complexity index is 641. The van der Waals surface area contributed by atoms with E-state index in [4.69, 9.17) is 5.73 Å². The minimum Gasteiger partial charge on any atom is -0.396 e. The molecular formula is C14H17N5O2. The fourth-order valence-corrected chi connectivity index (χ4v) is 1.91. The topological polar surface area (TPSA) is 102 Å². The molecule has 0 fully saturated rings. The minimum atomic E-state index is -0.279. The van der Waals surface area contributed by atoms with Crippen LogP contribution in [0.5, 0.6) is 0 Å². The Morgan fingerprint density at radius 3 is 2.48 bits per heavy atom. The Morgan fingerprint density at radius 1 is 1.29 bits per heavy atom. The first kappa shape index (κ1) is 14.6. The molecule has 0 saturated carbocycles. The zero-order chi connectivity index (χ0) is 15.4. The SMILES string of the molecule is CC(=O)Nc1ccc(CNC(=O)c2c(N)cnn2C)cc1. The van der Waals surface area contributed by atoms with Crippen LogP contribution in [0.25, 0.3) is 0 Å². The molecule has 0 spiro atoms. The molecule has 0 bridgehead atoms. The highest BCUT2D eigenvalue weighted by molar-refractivity contribution is 5.97. The van der Waals surface area contributed by atoms with Gasteiger partial charge in [0.1, 0.15) is 5.69 Å². The third-order valence-corrected chi connectivity index (χ3v) is 2.91. The van der Waals surface area contributed by atoms with Crippen LogP contribution in [-0.4, -0.2) is 21.6 Å². The van der Waals surface area contributed by atoms with Crippen molar-refractivity contribution in [1.29, 1.82) is 0 Å². The summed E-state index contributed by atoms with van der Waals surface area (Å²) in [6.45, 7) is 1.82. The van der Waals surface area contributed by atoms with E-state index in [2.05, 4.69) is 15.7 Å². The van der Waals surface area contributed by atoms with Crippen molar-refractivity contribution >= 4 is 23.2 Å². The Kier molecular flexibility index (Phi) is 4.22. The molecule has 0 aliphatic rings. The molecule has 0 atom stereocenters. The van der Waals surface area contributed by atoms with Gasteiger partial charge in [0.25, 0.3) is 5.91 Å². The fraction of sp³-hybridized carbons (Fsp3) is 0.214. The normalized spacial score (nSPS) is 10.2. The van der Waals surface area contributed by atoms with E-state index >= 15 is 0 Å². The summed E-state index contributed by atoms with van der Waals surface area (Å²) >= 11 is 0. The second-order valence-corrected chi connectivity index (χ2v) is 4.63. The van der Waals surface area contributed by atoms with Gasteiger partial charge in [-0.05, 0) is 17.7 Å². The number of aromatic nitrogens is 2. The summed E-state index contributed by atoms with van der Waals surface area (Å²) in [6, 6.07) is 7.22. The van der Waals surface area contributed by atoms with E-state index in [1.807, 2.05) is 12.1 Å². The predicted molar refractivity (Wildman–Crippen MR) is 79.5 cm³/mol. The van der Waals surface area contributed by atoms with Gasteiger partial charge in [0.05, 0.1) is 11.9 Å². The number of anilines is 2. The number of nitrogens with one attached hydrogen (secondary N) is 2. The van der Waals surface area contributed by atoms with Crippen LogP contribution in [0.4, 0.5) is 11.4 Å². The van der Waals surface area contributed by atoms with Crippen molar-refractivity contribution in [1.82, 2.24) is 15.1 Å². The lowest BCUT2D eigenvalue weighted by atomic mass is 10.2. The maximum atomic E-state index is 12.0. The third-order valence-electron chi connectivity index (χ3n) is 2.91. The van der Waals surface area contributed by atoms with E-state index in [-0.39, 0.29) is 11.8 Å². The molecule has 1 heterocycles. The van der Waals surface area contributed by atoms with Gasteiger partial charge in [0.2, 0.25) is 5.91 Å². The number of nitrogens with two attached hydrogens (primary N) is 1. The minimum absolute atomic E-state index is 0.122. The van der Waals surface area contributed by atoms with E-state index in [0.29, 0.717) is 23.6 Å². The number of nitrogen functional groups attached to an aromatic ring is 1. The highest BCUT2D eigenvalue weighted by Crippen LogP contribution is 2.11. The average molecular weight is 287 g/mol. The van der Waals surface area contributed by atoms with E-state index in [1.54, 1.807) is 19.2 Å². The molecule has 4 N–H and O–H groups in total. The number of carbonyl (C=O) groups is 2. The molecule has 0 radical (unpaired) electrons. The van der Waals surface area contributed by atoms with Gasteiger partial charge in [-0.1, -0.05) is 12.1 Å². The predicted octanol–water partition coefficient (Wildman–Crippen LogP) is 0.891. The molecule has 1 aromatic carbocycles. The first-order chi connectivity index (χ1) is 9.97. The number of amides is 2. The maximum Gasteiger partial charge on any atom is 0.271 e. The number of hydrogen-bond donors (Lipinski definition) is 3. The molecule has 2 amide bonds. The van der Waals surface area contributed by atoms with Gasteiger partial charge in [-0.15, -0.1) is 0 Å². The highest BCUT2D eigenvalue weighted by atomic mass is 16.2. The Morgan fingerprint density at radius 2 is 1.95 bits per heavy atom. The molecule has 2 aromatic rings. The second kappa shape index (κ2) is 6.08. The van der Waals surface area contributed by atoms with Crippen LogP contribution in [0.3, 0.4) is 0 Å². The molecule has 0 saturated heterocycles. The first-order valence-corrected chi connectivity index (χ1v) is 6.39. The lowest BCUT2D eigenvalue weighted by Crippen LogP contribution is -2.26. The van der Waals surface area contributed by atoms with Crippen molar-refractivity contribution in [2.24, 2.45) is 7.05 Å². The van der Waals surface area contributed by atoms with Crippen LogP contribution in [0, 0.1) is 0 Å². The van der Waals surface area contributed by atoms with E-state index < -0.39 is 0 Å². The van der Waals surface area contributed by atoms with Gasteiger partial charge in [-0.25, -0.2) is 0 Å². The zero-order valence-corrected chi connectivity index (χ0v) is 11.9. The standard InChI is InChI=1S/C14H17N5O2/c1-9(20)18-11-5-3-10(4-6-11)7-16-14(21)13-12(15)8-17-19(13)2/h3-6,8H,7,15H2,1-2H3,(H,16,21)(H,18,20). The second-order valence-electron chi connectivity index (χ2n) is 4.63. The summed E-state index contributed by atoms with van der Waals surface area (Å²) in [5.74, 6) is -0.402. The Hall–Kier alpha value is -2.83. The molecule has 0 unspecified atom stereocenters. The molecule has 0 aliphatic carbocycles. The van der Waals surface area contributed by atoms with Crippen LogP contribution in [-0.2, 0) is 18.4 Å². The summed E-state index contributed by atoms with van der Waals surface area (Å²) in [5.41, 5.74) is 8.01. The molecule has 7 heteroatoms. The van der Waals surface area contributed by atoms with Gasteiger partial charge in [-0.2, -0.15) is 5.10 Å². The van der Waals surface area contributed by atoms with E-state index in [1.165, 1.54) is 17.8 Å². The third kappa shape index (κ3) is 3.59. The molecule has 21 heavy (non-hydrogen) atoms. The van der Waals surface area contributed by atoms with Gasteiger partial charge < -0.3 is 16.4 Å². The van der Waals surface area contributed by atoms with Crippen LogP contribution in [0.15, 0.2) is 30.5 Å². The van der Waals surface area contributed by atoms with Crippen LogP contribution < -0.4 is 16.4 Å². The summed E-state index contributed by atoms with van der Waals surface area (Å²) < 4.78 is 1.44. The van der Waals surface area contributed by atoms with Crippen LogP contribution in [0.2, 0.25) is 0 Å². The van der Waals surface area contributed by atoms with Crippen molar-refractivity contribution in [3.63, 3.8) is 0 Å². The van der Waals surface area contributed by atoms with Crippen LogP contribution in [0.1, 0.15) is 23.0 Å². The van der Waals surface area contributed by atoms with Crippen molar-refractivity contribution in [2.45, 2.75) is 13.5 Å². The molecule has 2 rings (SSSR count). The fourth-order valence-electron chi connectivity index (χ4n) is 1.91. The first-order valence-electron chi connectivity index (χ1n) is 6.39. The van der Waals surface area contributed by atoms with Gasteiger partial charge >= 0.3 is 0 Å². The summed E-state index contributed by atoms with van der Waals surface area (Å²) in [7, 11) is 1.66. The van der Waals surface area contributed by atoms with Gasteiger partial charge in [-0.3, -0.25) is 14.3 Å². The largest absolute Gasteiger partial charge is 0.396 e. The smallest absolute Gasteiger partial charge is 0.271 e. The van der Waals surface area contributed by atoms with Crippen molar-refractivity contribution in [2.75, 3.05) is 11.1 Å². The maximum absolute atomic E-state index is 12.0. The zero-order valence-electron chi connectivity index (χ0n) is 11.9. The van der Waals surface area contributed by atoms with Crippen molar-refractivity contribution in [3.05, 3.63) is 41.7 Å². The number of nitrogens with zero attached hydrogens (tertiary/aromatic N) is 2.